The van der Waals surface area contributed by atoms with E-state index in [9.17, 15) is 14.7 Å². The van der Waals surface area contributed by atoms with Crippen molar-refractivity contribution in [2.45, 2.75) is 59.3 Å². The summed E-state index contributed by atoms with van der Waals surface area (Å²) in [5, 5.41) is 11.3. The standard InChI is InChI=1S/C24H22N4O4.C2H6/c1-2-3-4-8-27-12-25-16-6-5-7-17-19(16)21(27)14-10-28-18(20(14)26-17)9-13-15(23(28)30)11-32-24(31)22(13)29;1-2/h5-7,9,12,22,29H,2-4,8,10-11H2,1H3;1-2H3. The number of aliphatic hydroxyl groups excluding tert-OH is 1. The van der Waals surface area contributed by atoms with Crippen molar-refractivity contribution in [3.05, 3.63) is 51.3 Å². The molecule has 6 rings (SSSR count). The molecule has 0 amide bonds. The number of hydrogen-bond donors (Lipinski definition) is 1. The fourth-order valence-corrected chi connectivity index (χ4v) is 4.95. The highest BCUT2D eigenvalue weighted by Crippen LogP contribution is 2.45. The first-order valence-electron chi connectivity index (χ1n) is 12.0. The van der Waals surface area contributed by atoms with Crippen molar-refractivity contribution in [1.82, 2.24) is 9.55 Å². The van der Waals surface area contributed by atoms with E-state index in [2.05, 4.69) is 16.8 Å². The molecule has 5 heterocycles. The molecule has 0 bridgehead atoms. The Morgan fingerprint density at radius 1 is 1.18 bits per heavy atom. The topological polar surface area (TPSA) is 97.0 Å². The monoisotopic (exact) mass is 460 g/mol. The van der Waals surface area contributed by atoms with Gasteiger partial charge < -0.3 is 19.3 Å². The van der Waals surface area contributed by atoms with Crippen LogP contribution >= 0.6 is 0 Å². The van der Waals surface area contributed by atoms with Crippen LogP contribution in [0.15, 0.2) is 34.1 Å². The molecule has 1 N–H and O–H groups in total. The number of aliphatic imine (C=N–C) groups is 1. The minimum Gasteiger partial charge on any atom is -0.458 e. The predicted octanol–water partition coefficient (Wildman–Crippen LogP) is 4.21. The lowest BCUT2D eigenvalue weighted by molar-refractivity contribution is -0.157. The van der Waals surface area contributed by atoms with Gasteiger partial charge in [-0.2, -0.15) is 0 Å². The van der Waals surface area contributed by atoms with Gasteiger partial charge in [-0.25, -0.2) is 14.8 Å². The molecule has 0 saturated heterocycles. The lowest BCUT2D eigenvalue weighted by Crippen LogP contribution is -2.32. The zero-order valence-electron chi connectivity index (χ0n) is 19.7. The van der Waals surface area contributed by atoms with Crippen LogP contribution in [-0.2, 0) is 22.7 Å². The number of hydrogen-bond acceptors (Lipinski definition) is 7. The van der Waals surface area contributed by atoms with Gasteiger partial charge >= 0.3 is 5.97 Å². The van der Waals surface area contributed by atoms with Gasteiger partial charge in [-0.15, -0.1) is 0 Å². The third kappa shape index (κ3) is 3.24. The first-order valence-corrected chi connectivity index (χ1v) is 12.0. The third-order valence-corrected chi connectivity index (χ3v) is 6.56. The number of carbonyl (C=O) groups excluding carboxylic acids is 1. The van der Waals surface area contributed by atoms with Crippen LogP contribution in [0.1, 0.15) is 62.8 Å². The van der Waals surface area contributed by atoms with E-state index < -0.39 is 12.1 Å². The van der Waals surface area contributed by atoms with E-state index in [1.165, 1.54) is 0 Å². The summed E-state index contributed by atoms with van der Waals surface area (Å²) in [5.74, 6) is -0.732. The number of anilines is 1. The number of aromatic nitrogens is 2. The fourth-order valence-electron chi connectivity index (χ4n) is 4.95. The smallest absolute Gasteiger partial charge is 0.340 e. The number of unbranched alkanes of at least 4 members (excludes halogenated alkanes) is 2. The van der Waals surface area contributed by atoms with E-state index in [0.29, 0.717) is 29.1 Å². The molecule has 3 aromatic rings. The molecule has 3 aliphatic rings. The second-order valence-electron chi connectivity index (χ2n) is 8.47. The number of fused-ring (bicyclic) bond motifs is 5. The van der Waals surface area contributed by atoms with E-state index in [1.807, 2.05) is 38.4 Å². The normalized spacial score (nSPS) is 17.0. The first kappa shape index (κ1) is 22.3. The minimum absolute atomic E-state index is 0.122. The highest BCUT2D eigenvalue weighted by molar-refractivity contribution is 6.11. The Labute approximate surface area is 197 Å². The second-order valence-corrected chi connectivity index (χ2v) is 8.47. The Kier molecular flexibility index (Phi) is 5.69. The zero-order chi connectivity index (χ0) is 24.0. The maximum atomic E-state index is 13.3. The van der Waals surface area contributed by atoms with Gasteiger partial charge in [-0.05, 0) is 24.6 Å². The quantitative estimate of drug-likeness (QED) is 0.362. The van der Waals surface area contributed by atoms with Crippen molar-refractivity contribution in [3.63, 3.8) is 0 Å². The highest BCUT2D eigenvalue weighted by atomic mass is 16.5. The molecule has 1 aromatic carbocycles. The summed E-state index contributed by atoms with van der Waals surface area (Å²) in [6.07, 6.45) is 3.71. The van der Waals surface area contributed by atoms with E-state index in [0.717, 1.165) is 53.6 Å². The van der Waals surface area contributed by atoms with Gasteiger partial charge in [0, 0.05) is 17.7 Å². The third-order valence-electron chi connectivity index (χ3n) is 6.56. The maximum Gasteiger partial charge on any atom is 0.340 e. The molecule has 3 aliphatic heterocycles. The number of nitrogens with zero attached hydrogens (tertiary/aromatic N) is 4. The number of carbonyl (C=O) groups is 1. The van der Waals surface area contributed by atoms with Crippen LogP contribution < -0.4 is 10.5 Å². The number of esters is 1. The van der Waals surface area contributed by atoms with Crippen LogP contribution in [-0.4, -0.2) is 33.5 Å². The van der Waals surface area contributed by atoms with Crippen LogP contribution in [0.3, 0.4) is 0 Å². The molecule has 176 valence electrons. The summed E-state index contributed by atoms with van der Waals surface area (Å²) in [7, 11) is 0. The summed E-state index contributed by atoms with van der Waals surface area (Å²) in [4.78, 5) is 36.9. The van der Waals surface area contributed by atoms with E-state index in [-0.39, 0.29) is 12.2 Å². The van der Waals surface area contributed by atoms with Gasteiger partial charge in [0.2, 0.25) is 0 Å². The molecule has 0 radical (unpaired) electrons. The number of ether oxygens (including phenoxy) is 1. The lowest BCUT2D eigenvalue weighted by Gasteiger charge is -2.27. The largest absolute Gasteiger partial charge is 0.458 e. The molecule has 2 aromatic heterocycles. The zero-order valence-corrected chi connectivity index (χ0v) is 19.7. The lowest BCUT2D eigenvalue weighted by atomic mass is 9.99. The second kappa shape index (κ2) is 8.68. The maximum absolute atomic E-state index is 13.3. The molecule has 34 heavy (non-hydrogen) atoms. The molecule has 0 aliphatic carbocycles. The number of cyclic esters (lactones) is 1. The molecule has 1 atom stereocenters. The Bertz CT molecular complexity index is 1390. The first-order chi connectivity index (χ1) is 16.6. The molecule has 0 spiro atoms. The van der Waals surface area contributed by atoms with E-state index in [1.54, 1.807) is 10.6 Å². The highest BCUT2D eigenvalue weighted by Gasteiger charge is 2.35. The number of benzene rings is 1. The average molecular weight is 461 g/mol. The number of rotatable bonds is 4. The van der Waals surface area contributed by atoms with Crippen LogP contribution in [0, 0.1) is 0 Å². The van der Waals surface area contributed by atoms with Crippen LogP contribution in [0.5, 0.6) is 0 Å². The SMILES string of the molecule is CC.CCCCCN1C=Nc2cccc3nc4c(c1c23)Cn1c-4cc2c(c1=O)COC(=O)C2O. The minimum atomic E-state index is -1.45. The van der Waals surface area contributed by atoms with Gasteiger partial charge in [0.25, 0.3) is 5.56 Å². The Morgan fingerprint density at radius 3 is 2.79 bits per heavy atom. The van der Waals surface area contributed by atoms with Gasteiger partial charge in [0.05, 0.1) is 52.1 Å². The van der Waals surface area contributed by atoms with Crippen molar-refractivity contribution in [1.29, 1.82) is 0 Å². The van der Waals surface area contributed by atoms with Crippen molar-refractivity contribution < 1.29 is 14.6 Å². The summed E-state index contributed by atoms with van der Waals surface area (Å²) in [6.45, 7) is 7.27. The molecule has 0 saturated carbocycles. The van der Waals surface area contributed by atoms with Crippen LogP contribution in [0.25, 0.3) is 22.3 Å². The van der Waals surface area contributed by atoms with Gasteiger partial charge in [-0.1, -0.05) is 39.7 Å². The van der Waals surface area contributed by atoms with Crippen molar-refractivity contribution in [2.24, 2.45) is 4.99 Å². The Balaban J connectivity index is 0.00000117. The van der Waals surface area contributed by atoms with Crippen molar-refractivity contribution in [2.75, 3.05) is 11.4 Å². The van der Waals surface area contributed by atoms with Crippen molar-refractivity contribution >= 4 is 34.6 Å². The molecular formula is C26H28N4O4. The van der Waals surface area contributed by atoms with Crippen LogP contribution in [0.2, 0.25) is 0 Å². The van der Waals surface area contributed by atoms with Crippen LogP contribution in [0.4, 0.5) is 11.4 Å². The summed E-state index contributed by atoms with van der Waals surface area (Å²) < 4.78 is 6.67. The molecule has 8 nitrogen and oxygen atoms in total. The molecule has 8 heteroatoms. The molecule has 1 unspecified atom stereocenters. The molecule has 0 fully saturated rings. The van der Waals surface area contributed by atoms with Gasteiger partial charge in [0.15, 0.2) is 6.10 Å². The number of aliphatic hydroxyl groups is 1. The van der Waals surface area contributed by atoms with E-state index in [4.69, 9.17) is 9.72 Å². The Hall–Kier alpha value is -3.52. The summed E-state index contributed by atoms with van der Waals surface area (Å²) in [5.41, 5.74) is 5.42. The van der Waals surface area contributed by atoms with Gasteiger partial charge in [-0.3, -0.25) is 4.79 Å². The summed E-state index contributed by atoms with van der Waals surface area (Å²) in [6, 6.07) is 7.59. The summed E-state index contributed by atoms with van der Waals surface area (Å²) >= 11 is 0. The predicted molar refractivity (Wildman–Crippen MR) is 132 cm³/mol. The Morgan fingerprint density at radius 2 is 2.00 bits per heavy atom. The van der Waals surface area contributed by atoms with E-state index >= 15 is 0 Å². The fraction of sp³-hybridized carbons (Fsp3) is 0.385. The van der Waals surface area contributed by atoms with Gasteiger partial charge in [0.1, 0.15) is 6.61 Å². The van der Waals surface area contributed by atoms with Crippen molar-refractivity contribution in [3.8, 4) is 11.4 Å². The number of pyridine rings is 2. The average Bonchev–Trinajstić information content (AvgIpc) is 3.23. The molecular weight excluding hydrogens is 432 g/mol.